The molecule has 0 aromatic heterocycles. The Kier molecular flexibility index (Phi) is 10.0. The molecule has 0 aliphatic heterocycles. The van der Waals surface area contributed by atoms with Gasteiger partial charge in [-0.2, -0.15) is 0 Å². The highest BCUT2D eigenvalue weighted by Gasteiger charge is 2.43. The maximum Gasteiger partial charge on any atom is 0.339 e. The molecule has 0 aliphatic carbocycles. The molecule has 0 fully saturated rings. The Bertz CT molecular complexity index is 345. The van der Waals surface area contributed by atoms with Crippen molar-refractivity contribution in [2.24, 2.45) is 0 Å². The zero-order valence-electron chi connectivity index (χ0n) is 11.9. The lowest BCUT2D eigenvalue weighted by molar-refractivity contribution is -0.178. The first kappa shape index (κ1) is 20.2. The average molecular weight is 324 g/mol. The maximum atomic E-state index is 11.7. The Morgan fingerprint density at radius 2 is 1.09 bits per heavy atom. The highest BCUT2D eigenvalue weighted by molar-refractivity contribution is 5.90. The molecule has 0 atom stereocenters. The van der Waals surface area contributed by atoms with Crippen LogP contribution in [-0.4, -0.2) is 83.6 Å². The van der Waals surface area contributed by atoms with Gasteiger partial charge in [0.2, 0.25) is 0 Å². The maximum absolute atomic E-state index is 11.7. The van der Waals surface area contributed by atoms with Gasteiger partial charge in [-0.25, -0.2) is 4.79 Å². The molecule has 128 valence electrons. The van der Waals surface area contributed by atoms with E-state index in [0.717, 1.165) is 0 Å². The highest BCUT2D eigenvalue weighted by Crippen LogP contribution is 2.19. The molecule has 0 amide bonds. The van der Waals surface area contributed by atoms with Crippen molar-refractivity contribution in [3.63, 3.8) is 0 Å². The number of ether oxygens (including phenoxy) is 3. The fourth-order valence-electron chi connectivity index (χ4n) is 1.38. The van der Waals surface area contributed by atoms with E-state index in [-0.39, 0.29) is 13.2 Å². The van der Waals surface area contributed by atoms with E-state index in [0.29, 0.717) is 0 Å². The lowest BCUT2D eigenvalue weighted by Crippen LogP contribution is -2.45. The smallest absolute Gasteiger partial charge is 0.339 e. The number of hydrogen-bond donors (Lipinski definition) is 4. The van der Waals surface area contributed by atoms with E-state index in [1.165, 1.54) is 0 Å². The number of rotatable bonds is 11. The predicted molar refractivity (Wildman–Crippen MR) is 68.3 cm³/mol. The van der Waals surface area contributed by atoms with Gasteiger partial charge in [0.1, 0.15) is 19.8 Å². The molecular formula is C12H20O10. The standard InChI is InChI=1S/C12H20O10/c13-1-4-20-9(16)7-12(19,11(18)22-6-3-15)8-10(17)21-5-2-14/h13-15,19H,1-8H2. The summed E-state index contributed by atoms with van der Waals surface area (Å²) < 4.78 is 13.5. The van der Waals surface area contributed by atoms with Gasteiger partial charge in [-0.15, -0.1) is 0 Å². The van der Waals surface area contributed by atoms with E-state index in [1.807, 2.05) is 0 Å². The largest absolute Gasteiger partial charge is 0.463 e. The number of esters is 3. The average Bonchev–Trinajstić information content (AvgIpc) is 2.48. The van der Waals surface area contributed by atoms with Crippen LogP contribution in [0, 0.1) is 0 Å². The van der Waals surface area contributed by atoms with Crippen LogP contribution in [0.3, 0.4) is 0 Å². The van der Waals surface area contributed by atoms with Crippen LogP contribution in [0.2, 0.25) is 0 Å². The Balaban J connectivity index is 4.83. The van der Waals surface area contributed by atoms with Crippen molar-refractivity contribution >= 4 is 17.9 Å². The molecule has 0 aliphatic rings. The lowest BCUT2D eigenvalue weighted by atomic mass is 9.95. The van der Waals surface area contributed by atoms with Crippen molar-refractivity contribution in [2.45, 2.75) is 18.4 Å². The molecular weight excluding hydrogens is 304 g/mol. The van der Waals surface area contributed by atoms with Crippen LogP contribution in [0.5, 0.6) is 0 Å². The zero-order valence-corrected chi connectivity index (χ0v) is 11.9. The van der Waals surface area contributed by atoms with Crippen molar-refractivity contribution < 1.29 is 49.0 Å². The van der Waals surface area contributed by atoms with E-state index in [4.69, 9.17) is 15.3 Å². The van der Waals surface area contributed by atoms with Crippen molar-refractivity contribution in [3.8, 4) is 0 Å². The second kappa shape index (κ2) is 10.9. The van der Waals surface area contributed by atoms with Crippen LogP contribution in [0.4, 0.5) is 0 Å². The van der Waals surface area contributed by atoms with Crippen molar-refractivity contribution in [2.75, 3.05) is 39.6 Å². The summed E-state index contributed by atoms with van der Waals surface area (Å²) in [6.07, 6.45) is -1.79. The third kappa shape index (κ3) is 7.88. The molecule has 0 unspecified atom stereocenters. The van der Waals surface area contributed by atoms with E-state index in [1.54, 1.807) is 0 Å². The van der Waals surface area contributed by atoms with Gasteiger partial charge in [0.15, 0.2) is 5.60 Å². The second-order valence-electron chi connectivity index (χ2n) is 4.13. The van der Waals surface area contributed by atoms with Gasteiger partial charge < -0.3 is 34.6 Å². The van der Waals surface area contributed by atoms with Gasteiger partial charge in [-0.05, 0) is 0 Å². The second-order valence-corrected chi connectivity index (χ2v) is 4.13. The number of carbonyl (C=O) groups excluding carboxylic acids is 3. The molecule has 0 bridgehead atoms. The van der Waals surface area contributed by atoms with Crippen LogP contribution >= 0.6 is 0 Å². The van der Waals surface area contributed by atoms with E-state index in [2.05, 4.69) is 14.2 Å². The van der Waals surface area contributed by atoms with Gasteiger partial charge in [0.25, 0.3) is 0 Å². The first-order chi connectivity index (χ1) is 10.4. The predicted octanol–water partition coefficient (Wildman–Crippen LogP) is -2.90. The minimum absolute atomic E-state index is 0.338. The fraction of sp³-hybridized carbons (Fsp3) is 0.750. The number of hydrogen-bond acceptors (Lipinski definition) is 10. The number of aliphatic hydroxyl groups is 4. The summed E-state index contributed by atoms with van der Waals surface area (Å²) in [6, 6.07) is 0. The van der Waals surface area contributed by atoms with Gasteiger partial charge in [0, 0.05) is 0 Å². The minimum atomic E-state index is -2.53. The molecule has 22 heavy (non-hydrogen) atoms. The molecule has 0 aromatic rings. The third-order valence-electron chi connectivity index (χ3n) is 2.29. The van der Waals surface area contributed by atoms with E-state index >= 15 is 0 Å². The Morgan fingerprint density at radius 3 is 1.45 bits per heavy atom. The number of carbonyl (C=O) groups is 3. The Hall–Kier alpha value is -1.75. The molecule has 0 saturated heterocycles. The molecule has 0 rings (SSSR count). The summed E-state index contributed by atoms with van der Waals surface area (Å²) in [7, 11) is 0. The SMILES string of the molecule is O=C(CC(O)(CC(=O)OCCO)C(=O)OCCO)OCCO. The molecule has 0 saturated carbocycles. The molecule has 0 radical (unpaired) electrons. The first-order valence-corrected chi connectivity index (χ1v) is 6.43. The fourth-order valence-corrected chi connectivity index (χ4v) is 1.38. The normalized spacial score (nSPS) is 10.9. The van der Waals surface area contributed by atoms with Gasteiger partial charge in [-0.1, -0.05) is 0 Å². The van der Waals surface area contributed by atoms with Gasteiger partial charge in [-0.3, -0.25) is 9.59 Å². The van der Waals surface area contributed by atoms with Crippen LogP contribution in [0.1, 0.15) is 12.8 Å². The third-order valence-corrected chi connectivity index (χ3v) is 2.29. The molecule has 0 aromatic carbocycles. The van der Waals surface area contributed by atoms with E-state index < -0.39 is 62.8 Å². The summed E-state index contributed by atoms with van der Waals surface area (Å²) in [5.74, 6) is -3.37. The quantitative estimate of drug-likeness (QED) is 0.229. The van der Waals surface area contributed by atoms with Gasteiger partial charge >= 0.3 is 17.9 Å². The summed E-state index contributed by atoms with van der Waals surface area (Å²) >= 11 is 0. The molecule has 10 heteroatoms. The van der Waals surface area contributed by atoms with Gasteiger partial charge in [0.05, 0.1) is 32.7 Å². The minimum Gasteiger partial charge on any atom is -0.463 e. The van der Waals surface area contributed by atoms with Crippen molar-refractivity contribution in [1.82, 2.24) is 0 Å². The topological polar surface area (TPSA) is 160 Å². The summed E-state index contributed by atoms with van der Waals surface area (Å²) in [5, 5.41) is 35.8. The van der Waals surface area contributed by atoms with Crippen LogP contribution in [0.15, 0.2) is 0 Å². The molecule has 10 nitrogen and oxygen atoms in total. The molecule has 0 spiro atoms. The zero-order chi connectivity index (χ0) is 17.0. The Morgan fingerprint density at radius 1 is 0.727 bits per heavy atom. The van der Waals surface area contributed by atoms with Crippen LogP contribution in [-0.2, 0) is 28.6 Å². The van der Waals surface area contributed by atoms with Crippen LogP contribution in [0.25, 0.3) is 0 Å². The first-order valence-electron chi connectivity index (χ1n) is 6.43. The molecule has 4 N–H and O–H groups in total. The lowest BCUT2D eigenvalue weighted by Gasteiger charge is -2.24. The van der Waals surface area contributed by atoms with Crippen molar-refractivity contribution in [1.29, 1.82) is 0 Å². The summed E-state index contributed by atoms with van der Waals surface area (Å²) in [5.41, 5.74) is -2.53. The highest BCUT2D eigenvalue weighted by atomic mass is 16.6. The monoisotopic (exact) mass is 324 g/mol. The summed E-state index contributed by atoms with van der Waals surface area (Å²) in [4.78, 5) is 34.6. The summed E-state index contributed by atoms with van der Waals surface area (Å²) in [6.45, 7) is -2.51. The number of aliphatic hydroxyl groups excluding tert-OH is 3. The van der Waals surface area contributed by atoms with Crippen molar-refractivity contribution in [3.05, 3.63) is 0 Å². The van der Waals surface area contributed by atoms with Crippen LogP contribution < -0.4 is 0 Å². The van der Waals surface area contributed by atoms with E-state index in [9.17, 15) is 19.5 Å². The molecule has 0 heterocycles. The Labute approximate surface area is 126 Å².